The summed E-state index contributed by atoms with van der Waals surface area (Å²) in [6, 6.07) is 11.2. The molecule has 2 aliphatic rings. The summed E-state index contributed by atoms with van der Waals surface area (Å²) in [6.45, 7) is 4.68. The Labute approximate surface area is 189 Å². The van der Waals surface area contributed by atoms with Gasteiger partial charge in [-0.1, -0.05) is 30.2 Å². The minimum atomic E-state index is -0.106. The van der Waals surface area contributed by atoms with Crippen molar-refractivity contribution in [1.82, 2.24) is 4.90 Å². The molecule has 1 saturated heterocycles. The number of carbonyl (C=O) groups excluding carboxylic acids is 1. The van der Waals surface area contributed by atoms with Crippen molar-refractivity contribution in [2.24, 2.45) is 0 Å². The first-order valence-corrected chi connectivity index (χ1v) is 11.3. The van der Waals surface area contributed by atoms with Crippen molar-refractivity contribution in [2.75, 3.05) is 44.8 Å². The molecule has 0 bridgehead atoms. The van der Waals surface area contributed by atoms with E-state index in [0.29, 0.717) is 17.2 Å². The van der Waals surface area contributed by atoms with Gasteiger partial charge in [-0.05, 0) is 56.1 Å². The lowest BCUT2D eigenvalue weighted by molar-refractivity contribution is 0.104. The van der Waals surface area contributed by atoms with E-state index in [1.54, 1.807) is 25.3 Å². The molecule has 0 radical (unpaired) electrons. The summed E-state index contributed by atoms with van der Waals surface area (Å²) < 4.78 is 11.7. The molecule has 2 aliphatic heterocycles. The predicted molar refractivity (Wildman–Crippen MR) is 125 cm³/mol. The number of carbonyl (C=O) groups is 1. The topological polar surface area (TPSA) is 42.0 Å². The number of methoxy groups -OCH3 is 1. The second-order valence-corrected chi connectivity index (χ2v) is 8.39. The van der Waals surface area contributed by atoms with Crippen LogP contribution in [0.15, 0.2) is 48.7 Å². The van der Waals surface area contributed by atoms with Crippen LogP contribution >= 0.6 is 11.6 Å². The molecule has 164 valence electrons. The highest BCUT2D eigenvalue weighted by molar-refractivity contribution is 6.34. The summed E-state index contributed by atoms with van der Waals surface area (Å²) in [5.74, 6) is 1.40. The van der Waals surface area contributed by atoms with Crippen LogP contribution in [0.4, 0.5) is 5.69 Å². The first-order chi connectivity index (χ1) is 15.2. The van der Waals surface area contributed by atoms with Gasteiger partial charge >= 0.3 is 0 Å². The minimum Gasteiger partial charge on any atom is -0.493 e. The molecule has 0 atom stereocenters. The number of benzene rings is 2. The highest BCUT2D eigenvalue weighted by atomic mass is 35.5. The highest BCUT2D eigenvalue weighted by Gasteiger charge is 2.22. The van der Waals surface area contributed by atoms with Crippen molar-refractivity contribution in [3.8, 4) is 11.5 Å². The number of halogens is 1. The zero-order valence-electron chi connectivity index (χ0n) is 18.0. The van der Waals surface area contributed by atoms with Gasteiger partial charge in [0.15, 0.2) is 17.3 Å². The molecule has 0 spiro atoms. The number of ketones is 1. The standard InChI is InChI=1S/C25H29ClN2O3/c1-30-24-17-19-9-13-28(14-10-23(29)20-7-3-4-8-21(20)26)22(19)18-25(24)31-16-15-27-11-5-2-6-12-27/h3-4,7-8,10,14,17-18H,2,5-6,9,11-13,15-16H2,1H3/b14-10+. The molecule has 0 unspecified atom stereocenters. The van der Waals surface area contributed by atoms with E-state index in [9.17, 15) is 4.79 Å². The van der Waals surface area contributed by atoms with E-state index < -0.39 is 0 Å². The molecule has 0 saturated carbocycles. The fourth-order valence-electron chi connectivity index (χ4n) is 4.22. The molecule has 2 aromatic carbocycles. The van der Waals surface area contributed by atoms with Gasteiger partial charge in [0.05, 0.1) is 12.1 Å². The summed E-state index contributed by atoms with van der Waals surface area (Å²) in [5.41, 5.74) is 2.75. The van der Waals surface area contributed by atoms with Crippen LogP contribution < -0.4 is 14.4 Å². The van der Waals surface area contributed by atoms with E-state index in [1.807, 2.05) is 24.4 Å². The zero-order valence-corrected chi connectivity index (χ0v) is 18.7. The van der Waals surface area contributed by atoms with Crippen molar-refractivity contribution >= 4 is 23.1 Å². The molecular weight excluding hydrogens is 412 g/mol. The molecule has 2 aromatic rings. The molecule has 5 nitrogen and oxygen atoms in total. The molecule has 1 fully saturated rings. The van der Waals surface area contributed by atoms with Crippen LogP contribution in [-0.2, 0) is 6.42 Å². The Hall–Kier alpha value is -2.50. The third-order valence-corrected chi connectivity index (χ3v) is 6.28. The normalized spacial score (nSPS) is 16.5. The Morgan fingerprint density at radius 3 is 2.68 bits per heavy atom. The average molecular weight is 441 g/mol. The molecule has 2 heterocycles. The van der Waals surface area contributed by atoms with Gasteiger partial charge in [0, 0.05) is 42.7 Å². The van der Waals surface area contributed by atoms with Gasteiger partial charge < -0.3 is 14.4 Å². The van der Waals surface area contributed by atoms with E-state index >= 15 is 0 Å². The first-order valence-electron chi connectivity index (χ1n) is 11.0. The van der Waals surface area contributed by atoms with Gasteiger partial charge in [0.2, 0.25) is 0 Å². The molecule has 0 aliphatic carbocycles. The summed E-state index contributed by atoms with van der Waals surface area (Å²) in [5, 5.41) is 0.466. The molecule has 31 heavy (non-hydrogen) atoms. The Balaban J connectivity index is 1.45. The third-order valence-electron chi connectivity index (χ3n) is 5.96. The maximum Gasteiger partial charge on any atom is 0.188 e. The number of allylic oxidation sites excluding steroid dienone is 1. The van der Waals surface area contributed by atoms with Crippen LogP contribution in [0.3, 0.4) is 0 Å². The second-order valence-electron chi connectivity index (χ2n) is 7.99. The maximum absolute atomic E-state index is 12.5. The number of rotatable bonds is 8. The van der Waals surface area contributed by atoms with Crippen LogP contribution in [0.5, 0.6) is 11.5 Å². The number of likely N-dealkylation sites (tertiary alicyclic amines) is 1. The molecular formula is C25H29ClN2O3. The molecule has 6 heteroatoms. The van der Waals surface area contributed by atoms with Crippen LogP contribution in [-0.4, -0.2) is 50.6 Å². The summed E-state index contributed by atoms with van der Waals surface area (Å²) >= 11 is 6.15. The molecule has 0 amide bonds. The lowest BCUT2D eigenvalue weighted by atomic mass is 10.1. The monoisotopic (exact) mass is 440 g/mol. The largest absolute Gasteiger partial charge is 0.493 e. The van der Waals surface area contributed by atoms with E-state index in [4.69, 9.17) is 21.1 Å². The van der Waals surface area contributed by atoms with Gasteiger partial charge in [0.25, 0.3) is 0 Å². The third kappa shape index (κ3) is 5.23. The fraction of sp³-hybridized carbons (Fsp3) is 0.400. The fourth-order valence-corrected chi connectivity index (χ4v) is 4.45. The Morgan fingerprint density at radius 1 is 1.10 bits per heavy atom. The van der Waals surface area contributed by atoms with Gasteiger partial charge in [-0.25, -0.2) is 0 Å². The smallest absolute Gasteiger partial charge is 0.188 e. The van der Waals surface area contributed by atoms with Crippen LogP contribution in [0.1, 0.15) is 35.2 Å². The lowest BCUT2D eigenvalue weighted by Crippen LogP contribution is -2.33. The Bertz CT molecular complexity index is 954. The van der Waals surface area contributed by atoms with E-state index in [2.05, 4.69) is 15.9 Å². The van der Waals surface area contributed by atoms with Crippen molar-refractivity contribution in [2.45, 2.75) is 25.7 Å². The van der Waals surface area contributed by atoms with Crippen molar-refractivity contribution in [3.63, 3.8) is 0 Å². The summed E-state index contributed by atoms with van der Waals surface area (Å²) in [7, 11) is 1.67. The number of piperidine rings is 1. The second kappa shape index (κ2) is 10.2. The number of fused-ring (bicyclic) bond motifs is 1. The average Bonchev–Trinajstić information content (AvgIpc) is 3.19. The van der Waals surface area contributed by atoms with Crippen LogP contribution in [0, 0.1) is 0 Å². The number of nitrogens with zero attached hydrogens (tertiary/aromatic N) is 2. The van der Waals surface area contributed by atoms with Crippen LogP contribution in [0.2, 0.25) is 5.02 Å². The quantitative estimate of drug-likeness (QED) is 0.428. The van der Waals surface area contributed by atoms with Gasteiger partial charge in [-0.3, -0.25) is 9.69 Å². The Morgan fingerprint density at radius 2 is 1.90 bits per heavy atom. The van der Waals surface area contributed by atoms with Crippen molar-refractivity contribution < 1.29 is 14.3 Å². The zero-order chi connectivity index (χ0) is 21.6. The number of hydrogen-bond acceptors (Lipinski definition) is 5. The summed E-state index contributed by atoms with van der Waals surface area (Å²) in [6.07, 6.45) is 8.19. The molecule has 0 aromatic heterocycles. The van der Waals surface area contributed by atoms with Crippen LogP contribution in [0.25, 0.3) is 0 Å². The summed E-state index contributed by atoms with van der Waals surface area (Å²) in [4.78, 5) is 17.1. The van der Waals surface area contributed by atoms with Crippen molar-refractivity contribution in [1.29, 1.82) is 0 Å². The van der Waals surface area contributed by atoms with E-state index in [0.717, 1.165) is 49.8 Å². The number of ether oxygens (including phenoxy) is 2. The van der Waals surface area contributed by atoms with Gasteiger partial charge in [-0.15, -0.1) is 0 Å². The van der Waals surface area contributed by atoms with Gasteiger partial charge in [-0.2, -0.15) is 0 Å². The number of anilines is 1. The molecule has 0 N–H and O–H groups in total. The van der Waals surface area contributed by atoms with E-state index in [1.165, 1.54) is 24.8 Å². The number of hydrogen-bond donors (Lipinski definition) is 0. The van der Waals surface area contributed by atoms with E-state index in [-0.39, 0.29) is 5.78 Å². The predicted octanol–water partition coefficient (Wildman–Crippen LogP) is 4.97. The SMILES string of the molecule is COc1cc2c(cc1OCCN1CCCCC1)N(/C=C/C(=O)c1ccccc1Cl)CC2. The van der Waals surface area contributed by atoms with Gasteiger partial charge in [0.1, 0.15) is 6.61 Å². The lowest BCUT2D eigenvalue weighted by Gasteiger charge is -2.26. The Kier molecular flexibility index (Phi) is 7.15. The first kappa shape index (κ1) is 21.7. The minimum absolute atomic E-state index is 0.106. The molecule has 4 rings (SSSR count). The maximum atomic E-state index is 12.5. The van der Waals surface area contributed by atoms with Crippen molar-refractivity contribution in [3.05, 3.63) is 64.8 Å². The highest BCUT2D eigenvalue weighted by Crippen LogP contribution is 2.39.